The predicted octanol–water partition coefficient (Wildman–Crippen LogP) is 0.0907. The number of amides is 1. The fourth-order valence-electron chi connectivity index (χ4n) is 1.69. The number of carbonyl (C=O) groups is 2. The third-order valence-corrected chi connectivity index (χ3v) is 2.70. The molecule has 0 saturated carbocycles. The second-order valence-corrected chi connectivity index (χ2v) is 3.70. The number of hydrogen-bond donors (Lipinski definition) is 1. The van der Waals surface area contributed by atoms with Crippen molar-refractivity contribution in [2.45, 2.75) is 25.8 Å². The molecule has 1 unspecified atom stereocenters. The Labute approximate surface area is 89.1 Å². The van der Waals surface area contributed by atoms with Crippen molar-refractivity contribution in [1.82, 2.24) is 5.32 Å². The summed E-state index contributed by atoms with van der Waals surface area (Å²) in [5.74, 6) is -1.13. The van der Waals surface area contributed by atoms with Crippen LogP contribution in [0.2, 0.25) is 0 Å². The molecule has 1 saturated heterocycles. The first kappa shape index (κ1) is 12.0. The highest BCUT2D eigenvalue weighted by molar-refractivity contribution is 6.32. The minimum absolute atomic E-state index is 0.0134. The maximum atomic E-state index is 11.2. The summed E-state index contributed by atoms with van der Waals surface area (Å²) in [6.07, 6.45) is 1.84. The number of carbonyl (C=O) groups excluding carboxylic acids is 2. The van der Waals surface area contributed by atoms with E-state index in [-0.39, 0.29) is 6.04 Å². The number of rotatable bonds is 2. The molecule has 0 aromatic heterocycles. The normalized spacial score (nSPS) is 19.3. The van der Waals surface area contributed by atoms with Crippen LogP contribution >= 0.6 is 0 Å². The summed E-state index contributed by atoms with van der Waals surface area (Å²) in [5.41, 5.74) is 0. The van der Waals surface area contributed by atoms with Gasteiger partial charge in [-0.3, -0.25) is 4.79 Å². The van der Waals surface area contributed by atoms with E-state index in [4.69, 9.17) is 4.74 Å². The van der Waals surface area contributed by atoms with Crippen LogP contribution in [0.25, 0.3) is 0 Å². The molecule has 86 valence electrons. The molecule has 15 heavy (non-hydrogen) atoms. The molecular formula is C10H17NO4. The molecule has 5 heteroatoms. The highest BCUT2D eigenvalue weighted by atomic mass is 16.5. The zero-order valence-corrected chi connectivity index (χ0v) is 9.12. The van der Waals surface area contributed by atoms with Crippen LogP contribution in [0.15, 0.2) is 0 Å². The number of esters is 1. The van der Waals surface area contributed by atoms with E-state index in [1.165, 1.54) is 7.11 Å². The van der Waals surface area contributed by atoms with Crippen molar-refractivity contribution in [3.05, 3.63) is 0 Å². The maximum absolute atomic E-state index is 11.2. The fraction of sp³-hybridized carbons (Fsp3) is 0.800. The van der Waals surface area contributed by atoms with Crippen LogP contribution < -0.4 is 5.32 Å². The van der Waals surface area contributed by atoms with E-state index < -0.39 is 11.9 Å². The lowest BCUT2D eigenvalue weighted by Crippen LogP contribution is -2.43. The molecule has 1 aliphatic heterocycles. The Balaban J connectivity index is 2.36. The van der Waals surface area contributed by atoms with E-state index >= 15 is 0 Å². The average Bonchev–Trinajstić information content (AvgIpc) is 2.29. The largest absolute Gasteiger partial charge is 0.462 e. The Bertz CT molecular complexity index is 236. The topological polar surface area (TPSA) is 64.6 Å². The molecular weight excluding hydrogens is 198 g/mol. The van der Waals surface area contributed by atoms with Gasteiger partial charge in [0.2, 0.25) is 0 Å². The molecule has 0 aromatic carbocycles. The van der Waals surface area contributed by atoms with Gasteiger partial charge < -0.3 is 14.8 Å². The quantitative estimate of drug-likeness (QED) is 0.524. The minimum atomic E-state index is -0.839. The van der Waals surface area contributed by atoms with Crippen LogP contribution in [-0.4, -0.2) is 38.2 Å². The zero-order chi connectivity index (χ0) is 11.3. The summed E-state index contributed by atoms with van der Waals surface area (Å²) in [5, 5.41) is 2.63. The summed E-state index contributed by atoms with van der Waals surface area (Å²) in [6.45, 7) is 3.35. The standard InChI is InChI=1S/C10H17NO4/c1-7(8-3-5-15-6-4-8)11-9(12)10(13)14-2/h7-8H,3-6H2,1-2H3,(H,11,12). The fourth-order valence-corrected chi connectivity index (χ4v) is 1.69. The smallest absolute Gasteiger partial charge is 0.396 e. The Hall–Kier alpha value is -1.10. The highest BCUT2D eigenvalue weighted by Gasteiger charge is 2.24. The third-order valence-electron chi connectivity index (χ3n) is 2.70. The van der Waals surface area contributed by atoms with Crippen molar-refractivity contribution in [2.24, 2.45) is 5.92 Å². The van der Waals surface area contributed by atoms with Crippen LogP contribution in [0, 0.1) is 5.92 Å². The number of hydrogen-bond acceptors (Lipinski definition) is 4. The second-order valence-electron chi connectivity index (χ2n) is 3.70. The van der Waals surface area contributed by atoms with E-state index in [0.717, 1.165) is 26.1 Å². The van der Waals surface area contributed by atoms with E-state index in [2.05, 4.69) is 10.1 Å². The van der Waals surface area contributed by atoms with E-state index in [1.54, 1.807) is 0 Å². The second kappa shape index (κ2) is 5.70. The van der Waals surface area contributed by atoms with Gasteiger partial charge in [0.25, 0.3) is 0 Å². The Morgan fingerprint density at radius 1 is 1.40 bits per heavy atom. The number of methoxy groups -OCH3 is 1. The summed E-state index contributed by atoms with van der Waals surface area (Å²) < 4.78 is 9.54. The van der Waals surface area contributed by atoms with Crippen molar-refractivity contribution < 1.29 is 19.1 Å². The molecule has 0 bridgehead atoms. The lowest BCUT2D eigenvalue weighted by Gasteiger charge is -2.27. The monoisotopic (exact) mass is 215 g/mol. The van der Waals surface area contributed by atoms with Gasteiger partial charge in [-0.1, -0.05) is 0 Å². The molecule has 1 heterocycles. The lowest BCUT2D eigenvalue weighted by molar-refractivity contribution is -0.153. The molecule has 1 fully saturated rings. The van der Waals surface area contributed by atoms with Gasteiger partial charge in [-0.05, 0) is 25.7 Å². The predicted molar refractivity (Wildman–Crippen MR) is 53.2 cm³/mol. The van der Waals surface area contributed by atoms with Gasteiger partial charge in [0, 0.05) is 19.3 Å². The molecule has 1 rings (SSSR count). The number of ether oxygens (including phenoxy) is 2. The van der Waals surface area contributed by atoms with E-state index in [0.29, 0.717) is 5.92 Å². The van der Waals surface area contributed by atoms with Crippen LogP contribution in [0.5, 0.6) is 0 Å². The summed E-state index contributed by atoms with van der Waals surface area (Å²) in [4.78, 5) is 22.1. The first-order chi connectivity index (χ1) is 7.15. The summed E-state index contributed by atoms with van der Waals surface area (Å²) in [7, 11) is 1.20. The lowest BCUT2D eigenvalue weighted by atomic mass is 9.93. The van der Waals surface area contributed by atoms with E-state index in [9.17, 15) is 9.59 Å². The third kappa shape index (κ3) is 3.51. The van der Waals surface area contributed by atoms with Crippen LogP contribution in [0.1, 0.15) is 19.8 Å². The van der Waals surface area contributed by atoms with Crippen molar-refractivity contribution in [3.8, 4) is 0 Å². The van der Waals surface area contributed by atoms with Crippen molar-refractivity contribution in [3.63, 3.8) is 0 Å². The minimum Gasteiger partial charge on any atom is -0.462 e. The first-order valence-corrected chi connectivity index (χ1v) is 5.11. The van der Waals surface area contributed by atoms with Crippen LogP contribution in [0.4, 0.5) is 0 Å². The molecule has 1 atom stereocenters. The van der Waals surface area contributed by atoms with Crippen molar-refractivity contribution in [2.75, 3.05) is 20.3 Å². The highest BCUT2D eigenvalue weighted by Crippen LogP contribution is 2.18. The van der Waals surface area contributed by atoms with E-state index in [1.807, 2.05) is 6.92 Å². The molecule has 0 spiro atoms. The SMILES string of the molecule is COC(=O)C(=O)NC(C)C1CCOCC1. The summed E-state index contributed by atoms with van der Waals surface area (Å²) in [6, 6.07) is -0.0134. The first-order valence-electron chi connectivity index (χ1n) is 5.11. The molecule has 0 aromatic rings. The van der Waals surface area contributed by atoms with Gasteiger partial charge in [-0.15, -0.1) is 0 Å². The van der Waals surface area contributed by atoms with Crippen molar-refractivity contribution in [1.29, 1.82) is 0 Å². The molecule has 5 nitrogen and oxygen atoms in total. The molecule has 0 radical (unpaired) electrons. The molecule has 1 aliphatic rings. The molecule has 0 aliphatic carbocycles. The van der Waals surface area contributed by atoms with Gasteiger partial charge in [0.1, 0.15) is 0 Å². The van der Waals surface area contributed by atoms with Gasteiger partial charge in [-0.25, -0.2) is 4.79 Å². The van der Waals surface area contributed by atoms with Gasteiger partial charge in [0.15, 0.2) is 0 Å². The average molecular weight is 215 g/mol. The Kier molecular flexibility index (Phi) is 4.55. The summed E-state index contributed by atoms with van der Waals surface area (Å²) >= 11 is 0. The van der Waals surface area contributed by atoms with Crippen molar-refractivity contribution >= 4 is 11.9 Å². The molecule has 1 amide bonds. The molecule has 1 N–H and O–H groups in total. The van der Waals surface area contributed by atoms with Gasteiger partial charge in [-0.2, -0.15) is 0 Å². The van der Waals surface area contributed by atoms with Gasteiger partial charge >= 0.3 is 11.9 Å². The van der Waals surface area contributed by atoms with Crippen LogP contribution in [0.3, 0.4) is 0 Å². The zero-order valence-electron chi connectivity index (χ0n) is 9.12. The maximum Gasteiger partial charge on any atom is 0.396 e. The van der Waals surface area contributed by atoms with Gasteiger partial charge in [0.05, 0.1) is 7.11 Å². The Morgan fingerprint density at radius 2 is 2.00 bits per heavy atom. The number of nitrogens with one attached hydrogen (secondary N) is 1. The van der Waals surface area contributed by atoms with Crippen LogP contribution in [-0.2, 0) is 19.1 Å². The Morgan fingerprint density at radius 3 is 2.53 bits per heavy atom.